The molecule has 1 atom stereocenters. The number of allylic oxidation sites excluding steroid dienone is 1. The van der Waals surface area contributed by atoms with Crippen LogP contribution in [0, 0.1) is 5.92 Å². The van der Waals surface area contributed by atoms with E-state index in [1.54, 1.807) is 0 Å². The van der Waals surface area contributed by atoms with Crippen LogP contribution in [0.15, 0.2) is 11.6 Å². The molecule has 0 aromatic carbocycles. The van der Waals surface area contributed by atoms with Crippen molar-refractivity contribution in [2.24, 2.45) is 5.92 Å². The van der Waals surface area contributed by atoms with E-state index in [4.69, 9.17) is 5.11 Å². The van der Waals surface area contributed by atoms with Crippen molar-refractivity contribution in [3.8, 4) is 0 Å². The molecule has 0 aliphatic heterocycles. The standard InChI is InChI=1S/C12H20O2/c1-2-3-4-9-11(12(13)14)10-7-5-6-8-10/h7,11H,2-6,8-9H2,1H3,(H,13,14). The van der Waals surface area contributed by atoms with Crippen LogP contribution in [-0.2, 0) is 4.79 Å². The lowest BCUT2D eigenvalue weighted by atomic mass is 9.92. The minimum atomic E-state index is -0.630. The van der Waals surface area contributed by atoms with Gasteiger partial charge in [-0.25, -0.2) is 0 Å². The molecule has 2 nitrogen and oxygen atoms in total. The number of carboxylic acids is 1. The summed E-state index contributed by atoms with van der Waals surface area (Å²) in [5.41, 5.74) is 1.17. The minimum absolute atomic E-state index is 0.191. The smallest absolute Gasteiger partial charge is 0.310 e. The first kappa shape index (κ1) is 11.3. The molecule has 0 amide bonds. The summed E-state index contributed by atoms with van der Waals surface area (Å²) in [6, 6.07) is 0. The van der Waals surface area contributed by atoms with Crippen LogP contribution >= 0.6 is 0 Å². The highest BCUT2D eigenvalue weighted by atomic mass is 16.4. The van der Waals surface area contributed by atoms with Crippen LogP contribution in [0.4, 0.5) is 0 Å². The number of carboxylic acid groups (broad SMARTS) is 1. The first-order valence-corrected chi connectivity index (χ1v) is 5.67. The molecule has 0 spiro atoms. The summed E-state index contributed by atoms with van der Waals surface area (Å²) >= 11 is 0. The molecule has 1 aliphatic rings. The van der Waals surface area contributed by atoms with Gasteiger partial charge in [-0.3, -0.25) is 4.79 Å². The number of unbranched alkanes of at least 4 members (excludes halogenated alkanes) is 2. The summed E-state index contributed by atoms with van der Waals surface area (Å²) in [5, 5.41) is 9.09. The van der Waals surface area contributed by atoms with Crippen LogP contribution < -0.4 is 0 Å². The monoisotopic (exact) mass is 196 g/mol. The van der Waals surface area contributed by atoms with E-state index >= 15 is 0 Å². The first-order valence-electron chi connectivity index (χ1n) is 5.67. The van der Waals surface area contributed by atoms with Crippen LogP contribution in [0.2, 0.25) is 0 Å². The molecular weight excluding hydrogens is 176 g/mol. The molecule has 1 unspecified atom stereocenters. The Balaban J connectivity index is 2.42. The van der Waals surface area contributed by atoms with Gasteiger partial charge in [-0.1, -0.05) is 37.8 Å². The van der Waals surface area contributed by atoms with Gasteiger partial charge in [0.1, 0.15) is 0 Å². The Morgan fingerprint density at radius 3 is 2.86 bits per heavy atom. The third-order valence-electron chi connectivity index (χ3n) is 2.92. The third-order valence-corrected chi connectivity index (χ3v) is 2.92. The van der Waals surface area contributed by atoms with E-state index in [2.05, 4.69) is 13.0 Å². The molecule has 1 aliphatic carbocycles. The van der Waals surface area contributed by atoms with E-state index in [9.17, 15) is 4.79 Å². The molecule has 80 valence electrons. The lowest BCUT2D eigenvalue weighted by Crippen LogP contribution is -2.15. The summed E-state index contributed by atoms with van der Waals surface area (Å²) < 4.78 is 0. The van der Waals surface area contributed by atoms with Gasteiger partial charge in [-0.05, 0) is 25.7 Å². The largest absolute Gasteiger partial charge is 0.481 e. The maximum atomic E-state index is 11.0. The molecule has 0 radical (unpaired) electrons. The van der Waals surface area contributed by atoms with Crippen LogP contribution in [0.25, 0.3) is 0 Å². The summed E-state index contributed by atoms with van der Waals surface area (Å²) in [5.74, 6) is -0.821. The summed E-state index contributed by atoms with van der Waals surface area (Å²) in [6.07, 6.45) is 9.54. The van der Waals surface area contributed by atoms with Gasteiger partial charge in [0.2, 0.25) is 0 Å². The van der Waals surface area contributed by atoms with Gasteiger partial charge < -0.3 is 5.11 Å². The fourth-order valence-electron chi connectivity index (χ4n) is 2.08. The molecule has 1 N–H and O–H groups in total. The zero-order chi connectivity index (χ0) is 10.4. The molecule has 0 fully saturated rings. The highest BCUT2D eigenvalue weighted by molar-refractivity contribution is 5.73. The minimum Gasteiger partial charge on any atom is -0.481 e. The maximum Gasteiger partial charge on any atom is 0.310 e. The molecule has 0 aromatic heterocycles. The zero-order valence-corrected chi connectivity index (χ0v) is 8.96. The van der Waals surface area contributed by atoms with Gasteiger partial charge in [0.25, 0.3) is 0 Å². The van der Waals surface area contributed by atoms with Gasteiger partial charge >= 0.3 is 5.97 Å². The van der Waals surface area contributed by atoms with E-state index in [1.807, 2.05) is 0 Å². The van der Waals surface area contributed by atoms with Crippen LogP contribution in [0.5, 0.6) is 0 Å². The molecule has 0 aromatic rings. The van der Waals surface area contributed by atoms with Crippen molar-refractivity contribution >= 4 is 5.97 Å². The molecule has 0 saturated carbocycles. The Labute approximate surface area is 86.0 Å². The normalized spacial score (nSPS) is 17.9. The Hall–Kier alpha value is -0.790. The molecule has 0 bridgehead atoms. The van der Waals surface area contributed by atoms with Crippen molar-refractivity contribution < 1.29 is 9.90 Å². The quantitative estimate of drug-likeness (QED) is 0.522. The van der Waals surface area contributed by atoms with E-state index in [0.29, 0.717) is 0 Å². The molecule has 0 saturated heterocycles. The number of aliphatic carboxylic acids is 1. The lowest BCUT2D eigenvalue weighted by Gasteiger charge is -2.13. The van der Waals surface area contributed by atoms with E-state index < -0.39 is 5.97 Å². The Morgan fingerprint density at radius 1 is 1.57 bits per heavy atom. The van der Waals surface area contributed by atoms with Crippen LogP contribution in [-0.4, -0.2) is 11.1 Å². The highest BCUT2D eigenvalue weighted by Gasteiger charge is 2.22. The van der Waals surface area contributed by atoms with Gasteiger partial charge in [-0.2, -0.15) is 0 Å². The number of hydrogen-bond acceptors (Lipinski definition) is 1. The summed E-state index contributed by atoms with van der Waals surface area (Å²) in [6.45, 7) is 2.14. The Kier molecular flexibility index (Phi) is 4.71. The van der Waals surface area contributed by atoms with Crippen molar-refractivity contribution in [3.05, 3.63) is 11.6 Å². The predicted octanol–water partition coefficient (Wildman–Crippen LogP) is 3.38. The number of carbonyl (C=O) groups is 1. The maximum absolute atomic E-state index is 11.0. The van der Waals surface area contributed by atoms with Gasteiger partial charge in [0, 0.05) is 0 Å². The van der Waals surface area contributed by atoms with E-state index in [1.165, 1.54) is 5.57 Å². The molecule has 0 heterocycles. The van der Waals surface area contributed by atoms with E-state index in [-0.39, 0.29) is 5.92 Å². The van der Waals surface area contributed by atoms with Crippen molar-refractivity contribution in [3.63, 3.8) is 0 Å². The Morgan fingerprint density at radius 2 is 2.36 bits per heavy atom. The second-order valence-corrected chi connectivity index (χ2v) is 4.06. The van der Waals surface area contributed by atoms with Crippen molar-refractivity contribution in [1.29, 1.82) is 0 Å². The number of rotatable bonds is 6. The fourth-order valence-corrected chi connectivity index (χ4v) is 2.08. The molecule has 14 heavy (non-hydrogen) atoms. The van der Waals surface area contributed by atoms with Gasteiger partial charge in [0.15, 0.2) is 0 Å². The highest BCUT2D eigenvalue weighted by Crippen LogP contribution is 2.28. The summed E-state index contributed by atoms with van der Waals surface area (Å²) in [4.78, 5) is 11.0. The van der Waals surface area contributed by atoms with Gasteiger partial charge in [-0.15, -0.1) is 0 Å². The first-order chi connectivity index (χ1) is 6.75. The third kappa shape index (κ3) is 3.17. The zero-order valence-electron chi connectivity index (χ0n) is 8.96. The molecular formula is C12H20O2. The predicted molar refractivity (Wildman–Crippen MR) is 57.2 cm³/mol. The lowest BCUT2D eigenvalue weighted by molar-refractivity contribution is -0.140. The molecule has 1 rings (SSSR count). The second-order valence-electron chi connectivity index (χ2n) is 4.06. The topological polar surface area (TPSA) is 37.3 Å². The van der Waals surface area contributed by atoms with Crippen molar-refractivity contribution in [2.45, 2.75) is 51.9 Å². The second kappa shape index (κ2) is 5.84. The summed E-state index contributed by atoms with van der Waals surface area (Å²) in [7, 11) is 0. The molecule has 2 heteroatoms. The van der Waals surface area contributed by atoms with Gasteiger partial charge in [0.05, 0.1) is 5.92 Å². The number of hydrogen-bond donors (Lipinski definition) is 1. The average molecular weight is 196 g/mol. The fraction of sp³-hybridized carbons (Fsp3) is 0.750. The average Bonchev–Trinajstić information content (AvgIpc) is 2.64. The van der Waals surface area contributed by atoms with Crippen LogP contribution in [0.1, 0.15) is 51.9 Å². The van der Waals surface area contributed by atoms with Crippen molar-refractivity contribution in [1.82, 2.24) is 0 Å². The Bertz CT molecular complexity index is 218. The van der Waals surface area contributed by atoms with E-state index in [0.717, 1.165) is 44.9 Å². The SMILES string of the molecule is CCCCCC(C(=O)O)C1=CCCC1. The van der Waals surface area contributed by atoms with Crippen molar-refractivity contribution in [2.75, 3.05) is 0 Å². The van der Waals surface area contributed by atoms with Crippen LogP contribution in [0.3, 0.4) is 0 Å².